The molecule has 3 rings (SSSR count). The van der Waals surface area contributed by atoms with E-state index in [1.807, 2.05) is 26.0 Å². The second kappa shape index (κ2) is 10.5. The Bertz CT molecular complexity index is 1240. The van der Waals surface area contributed by atoms with E-state index in [9.17, 15) is 13.2 Å². The van der Waals surface area contributed by atoms with E-state index < -0.39 is 15.9 Å². The number of benzene rings is 3. The van der Waals surface area contributed by atoms with Crippen LogP contribution >= 0.6 is 0 Å². The highest BCUT2D eigenvalue weighted by Gasteiger charge is 2.28. The first-order chi connectivity index (χ1) is 16.4. The maximum Gasteiger partial charge on any atom is 0.264 e. The van der Waals surface area contributed by atoms with Crippen LogP contribution in [0, 0.1) is 6.92 Å². The van der Waals surface area contributed by atoms with E-state index in [-0.39, 0.29) is 22.9 Å². The lowest BCUT2D eigenvalue weighted by Gasteiger charge is -2.25. The molecule has 1 amide bonds. The van der Waals surface area contributed by atoms with Crippen LogP contribution in [0.5, 0.6) is 5.75 Å². The standard InChI is InChI=1S/C28H34N2O4S/c1-20-7-17-26(18-8-20)35(32,33)30(24-13-15-25(34-6)16-14-24)19-27(31)29-21(2)22-9-11-23(12-10-22)28(3,4)5/h7-18,21H,19H2,1-6H3,(H,29,31). The molecule has 1 unspecified atom stereocenters. The summed E-state index contributed by atoms with van der Waals surface area (Å²) in [7, 11) is -2.44. The first-order valence-electron chi connectivity index (χ1n) is 11.5. The molecule has 35 heavy (non-hydrogen) atoms. The lowest BCUT2D eigenvalue weighted by atomic mass is 9.86. The van der Waals surface area contributed by atoms with E-state index in [2.05, 4.69) is 38.2 Å². The Kier molecular flexibility index (Phi) is 7.90. The number of ether oxygens (including phenoxy) is 1. The van der Waals surface area contributed by atoms with Gasteiger partial charge in [0.05, 0.1) is 23.7 Å². The number of hydrogen-bond acceptors (Lipinski definition) is 4. The van der Waals surface area contributed by atoms with Crippen molar-refractivity contribution < 1.29 is 17.9 Å². The first kappa shape index (κ1) is 26.3. The van der Waals surface area contributed by atoms with Crippen molar-refractivity contribution in [2.24, 2.45) is 0 Å². The molecule has 3 aromatic rings. The minimum Gasteiger partial charge on any atom is -0.497 e. The van der Waals surface area contributed by atoms with Gasteiger partial charge in [-0.2, -0.15) is 0 Å². The summed E-state index contributed by atoms with van der Waals surface area (Å²) in [5.41, 5.74) is 3.51. The molecule has 0 spiro atoms. The summed E-state index contributed by atoms with van der Waals surface area (Å²) in [6.45, 7) is 9.87. The van der Waals surface area contributed by atoms with Crippen molar-refractivity contribution in [3.63, 3.8) is 0 Å². The third-order valence-corrected chi connectivity index (χ3v) is 7.70. The number of hydrogen-bond donors (Lipinski definition) is 1. The second-order valence-corrected chi connectivity index (χ2v) is 11.5. The molecule has 0 aliphatic rings. The van der Waals surface area contributed by atoms with Gasteiger partial charge in [0.1, 0.15) is 12.3 Å². The normalized spacial score (nSPS) is 12.6. The zero-order valence-electron chi connectivity index (χ0n) is 21.2. The second-order valence-electron chi connectivity index (χ2n) is 9.68. The van der Waals surface area contributed by atoms with Gasteiger partial charge in [0.25, 0.3) is 10.0 Å². The Morgan fingerprint density at radius 1 is 0.943 bits per heavy atom. The predicted molar refractivity (Wildman–Crippen MR) is 140 cm³/mol. The fourth-order valence-corrected chi connectivity index (χ4v) is 5.09. The van der Waals surface area contributed by atoms with Crippen LogP contribution in [0.3, 0.4) is 0 Å². The third kappa shape index (κ3) is 6.42. The average molecular weight is 495 g/mol. The van der Waals surface area contributed by atoms with Crippen LogP contribution in [-0.2, 0) is 20.2 Å². The monoisotopic (exact) mass is 494 g/mol. The first-order valence-corrected chi connectivity index (χ1v) is 13.0. The highest BCUT2D eigenvalue weighted by atomic mass is 32.2. The SMILES string of the molecule is COc1ccc(N(CC(=O)NC(C)c2ccc(C(C)(C)C)cc2)S(=O)(=O)c2ccc(C)cc2)cc1. The van der Waals surface area contributed by atoms with Gasteiger partial charge < -0.3 is 10.1 Å². The van der Waals surface area contributed by atoms with Gasteiger partial charge in [-0.15, -0.1) is 0 Å². The van der Waals surface area contributed by atoms with Crippen molar-refractivity contribution in [1.29, 1.82) is 0 Å². The molecule has 0 aliphatic heterocycles. The number of aryl methyl sites for hydroxylation is 1. The van der Waals surface area contributed by atoms with Crippen molar-refractivity contribution in [2.75, 3.05) is 18.0 Å². The van der Waals surface area contributed by atoms with Gasteiger partial charge in [-0.25, -0.2) is 8.42 Å². The average Bonchev–Trinajstić information content (AvgIpc) is 2.82. The summed E-state index contributed by atoms with van der Waals surface area (Å²) in [6, 6.07) is 21.0. The number of sulfonamides is 1. The molecule has 3 aromatic carbocycles. The molecule has 6 nitrogen and oxygen atoms in total. The van der Waals surface area contributed by atoms with Gasteiger partial charge in [-0.05, 0) is 66.8 Å². The Labute approximate surface area is 209 Å². The Morgan fingerprint density at radius 3 is 2.03 bits per heavy atom. The van der Waals surface area contributed by atoms with Crippen molar-refractivity contribution in [2.45, 2.75) is 51.0 Å². The fraction of sp³-hybridized carbons (Fsp3) is 0.321. The molecule has 0 fully saturated rings. The summed E-state index contributed by atoms with van der Waals surface area (Å²) in [5, 5.41) is 2.94. The van der Waals surface area contributed by atoms with Crippen LogP contribution in [-0.4, -0.2) is 28.0 Å². The number of amides is 1. The quantitative estimate of drug-likeness (QED) is 0.457. The minimum absolute atomic E-state index is 0.0359. The zero-order chi connectivity index (χ0) is 25.8. The topological polar surface area (TPSA) is 75.7 Å². The van der Waals surface area contributed by atoms with Crippen molar-refractivity contribution in [3.8, 4) is 5.75 Å². The van der Waals surface area contributed by atoms with E-state index in [0.29, 0.717) is 11.4 Å². The number of nitrogens with one attached hydrogen (secondary N) is 1. The zero-order valence-corrected chi connectivity index (χ0v) is 22.0. The maximum atomic E-state index is 13.5. The molecule has 0 aromatic heterocycles. The number of carbonyl (C=O) groups excluding carboxylic acids is 1. The van der Waals surface area contributed by atoms with Gasteiger partial charge in [-0.1, -0.05) is 62.7 Å². The highest BCUT2D eigenvalue weighted by molar-refractivity contribution is 7.92. The van der Waals surface area contributed by atoms with Crippen LogP contribution in [0.25, 0.3) is 0 Å². The van der Waals surface area contributed by atoms with Crippen LogP contribution in [0.1, 0.15) is 50.4 Å². The van der Waals surface area contributed by atoms with E-state index in [4.69, 9.17) is 4.74 Å². The molecular formula is C28H34N2O4S. The van der Waals surface area contributed by atoms with Crippen LogP contribution in [0.15, 0.2) is 77.7 Å². The van der Waals surface area contributed by atoms with E-state index in [1.54, 1.807) is 55.6 Å². The Morgan fingerprint density at radius 2 is 1.51 bits per heavy atom. The molecule has 0 aliphatic carbocycles. The van der Waals surface area contributed by atoms with Gasteiger partial charge >= 0.3 is 0 Å². The molecule has 186 valence electrons. The van der Waals surface area contributed by atoms with E-state index in [0.717, 1.165) is 15.4 Å². The van der Waals surface area contributed by atoms with Gasteiger partial charge in [0.15, 0.2) is 0 Å². The minimum atomic E-state index is -3.98. The highest BCUT2D eigenvalue weighted by Crippen LogP contribution is 2.27. The molecule has 1 atom stereocenters. The smallest absolute Gasteiger partial charge is 0.264 e. The molecule has 0 heterocycles. The van der Waals surface area contributed by atoms with Crippen LogP contribution < -0.4 is 14.4 Å². The lowest BCUT2D eigenvalue weighted by molar-refractivity contribution is -0.120. The third-order valence-electron chi connectivity index (χ3n) is 5.91. The van der Waals surface area contributed by atoms with E-state index in [1.165, 1.54) is 5.56 Å². The van der Waals surface area contributed by atoms with Gasteiger partial charge in [0.2, 0.25) is 5.91 Å². The summed E-state index contributed by atoms with van der Waals surface area (Å²) >= 11 is 0. The molecule has 1 N–H and O–H groups in total. The number of rotatable bonds is 8. The van der Waals surface area contributed by atoms with Crippen molar-refractivity contribution in [3.05, 3.63) is 89.5 Å². The maximum absolute atomic E-state index is 13.5. The Balaban J connectivity index is 1.85. The lowest BCUT2D eigenvalue weighted by Crippen LogP contribution is -2.41. The predicted octanol–water partition coefficient (Wildman–Crippen LogP) is 5.37. The number of carbonyl (C=O) groups is 1. The van der Waals surface area contributed by atoms with Crippen LogP contribution in [0.2, 0.25) is 0 Å². The van der Waals surface area contributed by atoms with Crippen molar-refractivity contribution >= 4 is 21.6 Å². The summed E-state index contributed by atoms with van der Waals surface area (Å²) in [6.07, 6.45) is 0. The number of methoxy groups -OCH3 is 1. The summed E-state index contributed by atoms with van der Waals surface area (Å²) < 4.78 is 33.4. The molecule has 0 saturated heterocycles. The van der Waals surface area contributed by atoms with Gasteiger partial charge in [0, 0.05) is 0 Å². The fourth-order valence-electron chi connectivity index (χ4n) is 3.67. The number of anilines is 1. The van der Waals surface area contributed by atoms with Gasteiger partial charge in [-0.3, -0.25) is 9.10 Å². The summed E-state index contributed by atoms with van der Waals surface area (Å²) in [5.74, 6) is 0.196. The summed E-state index contributed by atoms with van der Waals surface area (Å²) in [4.78, 5) is 13.2. The van der Waals surface area contributed by atoms with E-state index >= 15 is 0 Å². The molecular weight excluding hydrogens is 460 g/mol. The molecule has 0 radical (unpaired) electrons. The molecule has 0 saturated carbocycles. The number of nitrogens with zero attached hydrogens (tertiary/aromatic N) is 1. The molecule has 7 heteroatoms. The Hall–Kier alpha value is -3.32. The van der Waals surface area contributed by atoms with Crippen LogP contribution in [0.4, 0.5) is 5.69 Å². The van der Waals surface area contributed by atoms with Crippen molar-refractivity contribution in [1.82, 2.24) is 5.32 Å². The largest absolute Gasteiger partial charge is 0.497 e. The molecule has 0 bridgehead atoms.